The third kappa shape index (κ3) is 5.10. The molecule has 0 saturated carbocycles. The first kappa shape index (κ1) is 23.8. The lowest BCUT2D eigenvalue weighted by molar-refractivity contribution is 0.0937. The van der Waals surface area contributed by atoms with E-state index in [0.29, 0.717) is 55.5 Å². The minimum absolute atomic E-state index is 0.0382. The molecule has 2 aliphatic heterocycles. The number of carbonyl (C=O) groups is 1. The number of hydrogen-bond acceptors (Lipinski definition) is 6. The zero-order valence-corrected chi connectivity index (χ0v) is 19.9. The van der Waals surface area contributed by atoms with Gasteiger partial charge in [0, 0.05) is 44.0 Å². The molecule has 176 valence electrons. The lowest BCUT2D eigenvalue weighted by atomic mass is 10.2. The van der Waals surface area contributed by atoms with Crippen molar-refractivity contribution in [2.75, 3.05) is 44.2 Å². The quantitative estimate of drug-likeness (QED) is 0.454. The molecule has 9 nitrogen and oxygen atoms in total. The van der Waals surface area contributed by atoms with Crippen molar-refractivity contribution < 1.29 is 17.9 Å². The van der Waals surface area contributed by atoms with E-state index in [0.717, 1.165) is 0 Å². The van der Waals surface area contributed by atoms with Gasteiger partial charge in [-0.2, -0.15) is 4.31 Å². The first-order chi connectivity index (χ1) is 15.6. The standard InChI is InChI=1S/C21H23Cl2N5O4S/c22-18-6-5-17(11-19(18)23)33(30,31)27-9-7-26(8-10-27)12-16-13-28(21(29)32-16)15-3-1-14(2-4-15)20(24)25/h1-6,11,16H,7-10,12-13H2,(H3,24,25). The molecule has 2 saturated heterocycles. The average molecular weight is 512 g/mol. The van der Waals surface area contributed by atoms with Crippen LogP contribution in [0, 0.1) is 5.41 Å². The summed E-state index contributed by atoms with van der Waals surface area (Å²) in [5, 5.41) is 7.96. The highest BCUT2D eigenvalue weighted by Crippen LogP contribution is 2.27. The first-order valence-electron chi connectivity index (χ1n) is 10.3. The molecular weight excluding hydrogens is 489 g/mol. The van der Waals surface area contributed by atoms with Crippen molar-refractivity contribution in [3.63, 3.8) is 0 Å². The van der Waals surface area contributed by atoms with Crippen LogP contribution in [0.2, 0.25) is 10.0 Å². The number of amidine groups is 1. The van der Waals surface area contributed by atoms with Crippen molar-refractivity contribution in [2.45, 2.75) is 11.0 Å². The summed E-state index contributed by atoms with van der Waals surface area (Å²) in [4.78, 5) is 16.1. The molecule has 2 aromatic rings. The summed E-state index contributed by atoms with van der Waals surface area (Å²) in [6, 6.07) is 11.1. The first-order valence-corrected chi connectivity index (χ1v) is 12.4. The molecule has 1 unspecified atom stereocenters. The number of carbonyl (C=O) groups excluding carboxylic acids is 1. The van der Waals surface area contributed by atoms with Crippen LogP contribution < -0.4 is 10.6 Å². The number of hydrogen-bond donors (Lipinski definition) is 2. The molecule has 12 heteroatoms. The third-order valence-corrected chi connectivity index (χ3v) is 8.32. The van der Waals surface area contributed by atoms with Gasteiger partial charge in [0.25, 0.3) is 0 Å². The minimum atomic E-state index is -3.67. The van der Waals surface area contributed by atoms with Crippen molar-refractivity contribution in [3.05, 3.63) is 58.1 Å². The highest BCUT2D eigenvalue weighted by atomic mass is 35.5. The number of cyclic esters (lactones) is 1. The van der Waals surface area contributed by atoms with Gasteiger partial charge < -0.3 is 10.5 Å². The van der Waals surface area contributed by atoms with Crippen LogP contribution in [0.3, 0.4) is 0 Å². The number of nitrogens with two attached hydrogens (primary N) is 1. The van der Waals surface area contributed by atoms with Gasteiger partial charge in [-0.15, -0.1) is 0 Å². The number of sulfonamides is 1. The Morgan fingerprint density at radius 3 is 2.33 bits per heavy atom. The van der Waals surface area contributed by atoms with Gasteiger partial charge in [0.05, 0.1) is 21.5 Å². The summed E-state index contributed by atoms with van der Waals surface area (Å²) in [7, 11) is -3.67. The molecule has 1 amide bonds. The molecule has 0 aliphatic carbocycles. The van der Waals surface area contributed by atoms with Gasteiger partial charge in [-0.1, -0.05) is 23.2 Å². The smallest absolute Gasteiger partial charge is 0.414 e. The van der Waals surface area contributed by atoms with Gasteiger partial charge in [-0.25, -0.2) is 13.2 Å². The maximum atomic E-state index is 12.9. The summed E-state index contributed by atoms with van der Waals surface area (Å²) in [5.41, 5.74) is 6.72. The molecule has 2 aromatic carbocycles. The maximum absolute atomic E-state index is 12.9. The zero-order chi connectivity index (χ0) is 23.8. The van der Waals surface area contributed by atoms with E-state index in [9.17, 15) is 13.2 Å². The second-order valence-corrected chi connectivity index (χ2v) is 10.6. The second-order valence-electron chi connectivity index (χ2n) is 7.86. The van der Waals surface area contributed by atoms with Crippen molar-refractivity contribution in [2.24, 2.45) is 5.73 Å². The Morgan fingerprint density at radius 2 is 1.73 bits per heavy atom. The Morgan fingerprint density at radius 1 is 1.06 bits per heavy atom. The van der Waals surface area contributed by atoms with Crippen LogP contribution in [0.4, 0.5) is 10.5 Å². The third-order valence-electron chi connectivity index (χ3n) is 5.69. The number of halogens is 2. The number of rotatable bonds is 6. The predicted octanol–water partition coefficient (Wildman–Crippen LogP) is 2.61. The topological polar surface area (TPSA) is 120 Å². The van der Waals surface area contributed by atoms with Crippen LogP contribution in [-0.2, 0) is 14.8 Å². The van der Waals surface area contributed by atoms with Crippen LogP contribution in [0.15, 0.2) is 47.4 Å². The van der Waals surface area contributed by atoms with E-state index in [-0.39, 0.29) is 21.9 Å². The monoisotopic (exact) mass is 511 g/mol. The van der Waals surface area contributed by atoms with Crippen molar-refractivity contribution in [1.82, 2.24) is 9.21 Å². The number of nitrogens with zero attached hydrogens (tertiary/aromatic N) is 3. The van der Waals surface area contributed by atoms with E-state index >= 15 is 0 Å². The van der Waals surface area contributed by atoms with Gasteiger partial charge >= 0.3 is 6.09 Å². The fourth-order valence-electron chi connectivity index (χ4n) is 3.88. The Kier molecular flexibility index (Phi) is 6.83. The van der Waals surface area contributed by atoms with Gasteiger partial charge in [0.2, 0.25) is 10.0 Å². The van der Waals surface area contributed by atoms with Crippen LogP contribution in [0.25, 0.3) is 0 Å². The van der Waals surface area contributed by atoms with Crippen LogP contribution >= 0.6 is 23.2 Å². The molecule has 2 fully saturated rings. The number of nitrogen functional groups attached to an aromatic ring is 1. The Balaban J connectivity index is 1.33. The summed E-state index contributed by atoms with van der Waals surface area (Å²) in [6.07, 6.45) is -0.764. The molecule has 4 rings (SSSR count). The van der Waals surface area contributed by atoms with E-state index in [1.54, 1.807) is 29.2 Å². The number of nitrogens with one attached hydrogen (secondary N) is 1. The van der Waals surface area contributed by atoms with Crippen molar-refractivity contribution in [3.8, 4) is 0 Å². The Bertz CT molecular complexity index is 1170. The number of benzene rings is 2. The lowest BCUT2D eigenvalue weighted by Gasteiger charge is -2.34. The SMILES string of the molecule is N=C(N)c1ccc(N2CC(CN3CCN(S(=O)(=O)c4ccc(Cl)c(Cl)c4)CC3)OC2=O)cc1. The van der Waals surface area contributed by atoms with E-state index in [1.807, 2.05) is 0 Å². The lowest BCUT2D eigenvalue weighted by Crippen LogP contribution is -2.50. The number of anilines is 1. The fraction of sp³-hybridized carbons (Fsp3) is 0.333. The molecule has 33 heavy (non-hydrogen) atoms. The molecule has 1 atom stereocenters. The zero-order valence-electron chi connectivity index (χ0n) is 17.6. The average Bonchev–Trinajstić information content (AvgIpc) is 3.15. The predicted molar refractivity (Wildman–Crippen MR) is 127 cm³/mol. The molecule has 3 N–H and O–H groups in total. The molecule has 0 aromatic heterocycles. The summed E-state index contributed by atoms with van der Waals surface area (Å²) in [6.45, 7) is 2.57. The normalized spacial score (nSPS) is 20.1. The van der Waals surface area contributed by atoms with E-state index in [1.165, 1.54) is 22.5 Å². The van der Waals surface area contributed by atoms with Gasteiger partial charge in [0.1, 0.15) is 11.9 Å². The largest absolute Gasteiger partial charge is 0.443 e. The Hall–Kier alpha value is -2.37. The van der Waals surface area contributed by atoms with Crippen LogP contribution in [-0.4, -0.2) is 74.9 Å². The molecule has 2 heterocycles. The number of amides is 1. The maximum Gasteiger partial charge on any atom is 0.414 e. The highest BCUT2D eigenvalue weighted by Gasteiger charge is 2.35. The molecule has 2 aliphatic rings. The van der Waals surface area contributed by atoms with E-state index in [2.05, 4.69) is 4.90 Å². The van der Waals surface area contributed by atoms with Gasteiger partial charge in [-0.05, 0) is 42.5 Å². The van der Waals surface area contributed by atoms with Gasteiger partial charge in [-0.3, -0.25) is 15.2 Å². The van der Waals surface area contributed by atoms with Crippen LogP contribution in [0.5, 0.6) is 0 Å². The molecule has 0 spiro atoms. The molecular formula is C21H23Cl2N5O4S. The number of ether oxygens (including phenoxy) is 1. The number of piperazine rings is 1. The summed E-state index contributed by atoms with van der Waals surface area (Å²) >= 11 is 11.9. The molecule has 0 bridgehead atoms. The van der Waals surface area contributed by atoms with Crippen LogP contribution in [0.1, 0.15) is 5.56 Å². The fourth-order valence-corrected chi connectivity index (χ4v) is 5.69. The second kappa shape index (κ2) is 9.47. The van der Waals surface area contributed by atoms with E-state index < -0.39 is 16.1 Å². The van der Waals surface area contributed by atoms with E-state index in [4.69, 9.17) is 39.1 Å². The summed E-state index contributed by atoms with van der Waals surface area (Å²) in [5.74, 6) is -0.0382. The van der Waals surface area contributed by atoms with Crippen molar-refractivity contribution in [1.29, 1.82) is 5.41 Å². The van der Waals surface area contributed by atoms with Gasteiger partial charge in [0.15, 0.2) is 0 Å². The highest BCUT2D eigenvalue weighted by molar-refractivity contribution is 7.89. The van der Waals surface area contributed by atoms with Crippen molar-refractivity contribution >= 4 is 50.8 Å². The Labute approximate surface area is 202 Å². The minimum Gasteiger partial charge on any atom is -0.443 e. The summed E-state index contributed by atoms with van der Waals surface area (Å²) < 4.78 is 32.8. The molecule has 0 radical (unpaired) electrons.